The maximum Gasteiger partial charge on any atom is 0.186 e. The fraction of sp³-hybridized carbons (Fsp3) is 0.588. The second-order valence-corrected chi connectivity index (χ2v) is 11.1. The maximum absolute atomic E-state index is 12.7. The monoisotopic (exact) mass is 555 g/mol. The molecule has 5 heteroatoms. The van der Waals surface area contributed by atoms with Crippen molar-refractivity contribution >= 4 is 14.1 Å². The van der Waals surface area contributed by atoms with Gasteiger partial charge in [0.25, 0.3) is 0 Å². The van der Waals surface area contributed by atoms with Crippen LogP contribution in [0.5, 0.6) is 0 Å². The molecule has 128 valence electrons. The number of hydrogen-bond acceptors (Lipinski definition) is 3. The molecule has 0 aromatic heterocycles. The average Bonchev–Trinajstić information content (AvgIpc) is 2.47. The summed E-state index contributed by atoms with van der Waals surface area (Å²) in [5.41, 5.74) is 0.248. The summed E-state index contributed by atoms with van der Waals surface area (Å²) in [4.78, 5) is 14.8. The van der Waals surface area contributed by atoms with Gasteiger partial charge in [-0.3, -0.25) is 9.69 Å². The standard InChI is InChI=1S/C17H28NO2Si.Cf/c1-17(2,16(19)15-11-8-7-9-12-15)18(3)13-10-14-21(5,6)20-4;/h8-9,11-12H,10,13-14H2,1-6H3;/q-1;. The molecule has 0 heterocycles. The number of Topliss-reactive ketones (excluding diaryl/α,β-unsaturated/α-hetero) is 1. The molecule has 0 atom stereocenters. The summed E-state index contributed by atoms with van der Waals surface area (Å²) < 4.78 is 5.57. The van der Waals surface area contributed by atoms with Crippen LogP contribution in [0.3, 0.4) is 0 Å². The Hall–Kier alpha value is -1.97. The van der Waals surface area contributed by atoms with E-state index < -0.39 is 13.9 Å². The summed E-state index contributed by atoms with van der Waals surface area (Å²) >= 11 is 0. The zero-order chi connectivity index (χ0) is 16.1. The van der Waals surface area contributed by atoms with E-state index >= 15 is 0 Å². The van der Waals surface area contributed by atoms with E-state index in [-0.39, 0.29) is 5.78 Å². The molecular weight excluding hydrogens is 529 g/mol. The van der Waals surface area contributed by atoms with Gasteiger partial charge in [0.2, 0.25) is 0 Å². The fourth-order valence-electron chi connectivity index (χ4n) is 2.19. The quantitative estimate of drug-likeness (QED) is 0.278. The van der Waals surface area contributed by atoms with Crippen LogP contribution in [0.2, 0.25) is 19.1 Å². The van der Waals surface area contributed by atoms with E-state index in [1.165, 1.54) is 0 Å². The van der Waals surface area contributed by atoms with Crippen molar-refractivity contribution in [2.24, 2.45) is 0 Å². The van der Waals surface area contributed by atoms with Crippen LogP contribution in [-0.4, -0.2) is 45.2 Å². The number of likely N-dealkylation sites (N-methyl/N-ethyl adjacent to an activating group) is 1. The van der Waals surface area contributed by atoms with Crippen LogP contribution < -0.4 is 0 Å². The van der Waals surface area contributed by atoms with E-state index in [0.29, 0.717) is 0 Å². The van der Waals surface area contributed by atoms with E-state index in [2.05, 4.69) is 24.1 Å². The number of carbonyl (C=O) groups excluding carboxylic acids is 1. The normalized spacial score (nSPS) is 12.1. The van der Waals surface area contributed by atoms with Crippen molar-refractivity contribution in [1.82, 2.24) is 4.90 Å². The number of rotatable bonds is 8. The minimum Gasteiger partial charge on any atom is -0.420 e. The van der Waals surface area contributed by atoms with E-state index in [0.717, 1.165) is 24.6 Å². The molecule has 0 spiro atoms. The molecule has 1 aromatic carbocycles. The van der Waals surface area contributed by atoms with Crippen molar-refractivity contribution in [1.29, 1.82) is 0 Å². The molecule has 0 saturated heterocycles. The van der Waals surface area contributed by atoms with Gasteiger partial charge in [-0.05, 0) is 53.0 Å². The van der Waals surface area contributed by atoms with E-state index in [1.54, 1.807) is 19.2 Å². The third-order valence-electron chi connectivity index (χ3n) is 4.32. The van der Waals surface area contributed by atoms with Gasteiger partial charge in [-0.2, -0.15) is 30.3 Å². The first-order valence-corrected chi connectivity index (χ1v) is 10.6. The van der Waals surface area contributed by atoms with Crippen LogP contribution in [0.4, 0.5) is 0 Å². The van der Waals surface area contributed by atoms with Gasteiger partial charge < -0.3 is 4.43 Å². The third-order valence-corrected chi connectivity index (χ3v) is 6.98. The van der Waals surface area contributed by atoms with Crippen LogP contribution in [0.25, 0.3) is 0 Å². The van der Waals surface area contributed by atoms with E-state index in [4.69, 9.17) is 4.43 Å². The summed E-state index contributed by atoms with van der Waals surface area (Å²) in [6.45, 7) is 9.33. The first-order valence-electron chi connectivity index (χ1n) is 7.48. The van der Waals surface area contributed by atoms with Gasteiger partial charge in [0.15, 0.2) is 14.1 Å². The van der Waals surface area contributed by atoms with Crippen molar-refractivity contribution in [3.05, 3.63) is 35.9 Å². The van der Waals surface area contributed by atoms with Crippen LogP contribution in [-0.2, 0) is 4.43 Å². The molecule has 22 heavy (non-hydrogen) atoms. The number of carbonyl (C=O) groups is 1. The SMILES string of the molecule is CO[Si](C)(C)CCCN(C)C(C)(C)C(=O)c1cc[c-]cc1.[Cf]. The van der Waals surface area contributed by atoms with E-state index in [1.807, 2.05) is 33.0 Å². The Labute approximate surface area is 130 Å². The first-order chi connectivity index (χ1) is 9.70. The topological polar surface area (TPSA) is 29.5 Å². The number of benzene rings is 1. The van der Waals surface area contributed by atoms with Gasteiger partial charge in [0.1, 0.15) is 0 Å². The van der Waals surface area contributed by atoms with Crippen LogP contribution in [0.15, 0.2) is 24.3 Å². The molecule has 0 bridgehead atoms. The minimum atomic E-state index is -1.51. The number of hydrogen-bond donors (Lipinski definition) is 0. The molecule has 1 rings (SSSR count). The summed E-state index contributed by atoms with van der Waals surface area (Å²) in [5.74, 6) is 0.155. The molecular formula is C17H28CfNO2Si-. The molecule has 0 aliphatic heterocycles. The largest absolute Gasteiger partial charge is 0.420 e. The predicted octanol–water partition coefficient (Wildman–Crippen LogP) is 3.62. The Morgan fingerprint density at radius 1 is 1.32 bits per heavy atom. The summed E-state index contributed by atoms with van der Waals surface area (Å²) in [5, 5.41) is 0. The smallest absolute Gasteiger partial charge is 0.186 e. The Bertz CT molecular complexity index is 463. The molecule has 0 amide bonds. The van der Waals surface area contributed by atoms with Gasteiger partial charge in [0, 0.05) is 7.11 Å². The Morgan fingerprint density at radius 2 is 1.86 bits per heavy atom. The molecule has 0 fully saturated rings. The third kappa shape index (κ3) is 5.10. The predicted molar refractivity (Wildman–Crippen MR) is 90.2 cm³/mol. The van der Waals surface area contributed by atoms with Gasteiger partial charge in [-0.15, -0.1) is 0 Å². The molecule has 0 radical (unpaired) electrons. The average molecular weight is 558 g/mol. The van der Waals surface area contributed by atoms with Crippen LogP contribution in [0.1, 0.15) is 30.6 Å². The zero-order valence-corrected chi connectivity index (χ0v) is 18.1. The van der Waals surface area contributed by atoms with Crippen molar-refractivity contribution < 1.29 is 9.22 Å². The summed E-state index contributed by atoms with van der Waals surface area (Å²) in [7, 11) is 2.31. The molecule has 0 unspecified atom stereocenters. The molecule has 3 nitrogen and oxygen atoms in total. The summed E-state index contributed by atoms with van der Waals surface area (Å²) in [6, 6.07) is 11.3. The second kappa shape index (κ2) is 7.87. The maximum atomic E-state index is 12.7. The van der Waals surface area contributed by atoms with Gasteiger partial charge in [0.05, 0.1) is 5.54 Å². The zero-order valence-electron chi connectivity index (χ0n) is 14.5. The van der Waals surface area contributed by atoms with Gasteiger partial charge in [-0.1, -0.05) is 5.56 Å². The molecule has 1 aromatic rings. The van der Waals surface area contributed by atoms with Crippen LogP contribution in [0, 0.1) is 6.07 Å². The Kier molecular flexibility index (Phi) is 7.17. The first kappa shape index (κ1) is 20.0. The number of nitrogens with zero attached hydrogens (tertiary/aromatic N) is 1. The molecule has 0 aliphatic carbocycles. The van der Waals surface area contributed by atoms with Crippen molar-refractivity contribution in [2.75, 3.05) is 20.7 Å². The fourth-order valence-corrected chi connectivity index (χ4v) is 3.40. The second-order valence-electron chi connectivity index (χ2n) is 6.67. The van der Waals surface area contributed by atoms with Crippen LogP contribution >= 0.6 is 0 Å². The molecule has 0 N–H and O–H groups in total. The molecule has 0 aliphatic rings. The Balaban J connectivity index is 0.00000441. The van der Waals surface area contributed by atoms with Crippen molar-refractivity contribution in [3.8, 4) is 0 Å². The van der Waals surface area contributed by atoms with Gasteiger partial charge >= 0.3 is 0 Å². The van der Waals surface area contributed by atoms with Crippen molar-refractivity contribution in [2.45, 2.75) is 44.9 Å². The van der Waals surface area contributed by atoms with E-state index in [9.17, 15) is 4.79 Å². The minimum absolute atomic E-state index is 0. The number of ketones is 1. The van der Waals surface area contributed by atoms with Crippen molar-refractivity contribution in [3.63, 3.8) is 0 Å². The Morgan fingerprint density at radius 3 is 2.36 bits per heavy atom. The molecule has 0 saturated carbocycles. The summed E-state index contributed by atoms with van der Waals surface area (Å²) in [6.07, 6.45) is 1.06. The van der Waals surface area contributed by atoms with Gasteiger partial charge in [-0.25, -0.2) is 0 Å².